The van der Waals surface area contributed by atoms with E-state index in [0.29, 0.717) is 10.6 Å². The van der Waals surface area contributed by atoms with Crippen LogP contribution < -0.4 is 10.7 Å². The molecule has 0 aliphatic heterocycles. The molecule has 108 valence electrons. The highest BCUT2D eigenvalue weighted by Crippen LogP contribution is 2.09. The van der Waals surface area contributed by atoms with Gasteiger partial charge in [-0.3, -0.25) is 9.59 Å². The summed E-state index contributed by atoms with van der Waals surface area (Å²) < 4.78 is 0. The van der Waals surface area contributed by atoms with Crippen LogP contribution in [-0.2, 0) is 4.79 Å². The summed E-state index contributed by atoms with van der Waals surface area (Å²) in [6.07, 6.45) is 1.55. The van der Waals surface area contributed by atoms with Gasteiger partial charge in [0.25, 0.3) is 11.8 Å². The van der Waals surface area contributed by atoms with Crippen LogP contribution in [0.15, 0.2) is 46.9 Å². The molecule has 2 aromatic rings. The quantitative estimate of drug-likeness (QED) is 0.655. The molecule has 7 heteroatoms. The fourth-order valence-corrected chi connectivity index (χ4v) is 2.15. The van der Waals surface area contributed by atoms with Gasteiger partial charge >= 0.3 is 0 Å². The Morgan fingerprint density at radius 1 is 1.24 bits per heavy atom. The molecule has 2 N–H and O–H groups in total. The maximum atomic E-state index is 11.8. The largest absolute Gasteiger partial charge is 0.343 e. The third-order valence-corrected chi connectivity index (χ3v) is 3.50. The van der Waals surface area contributed by atoms with Crippen molar-refractivity contribution < 1.29 is 9.59 Å². The first-order valence-electron chi connectivity index (χ1n) is 6.04. The Bertz CT molecular complexity index is 639. The van der Waals surface area contributed by atoms with Gasteiger partial charge in [0.1, 0.15) is 0 Å². The predicted molar refractivity (Wildman–Crippen MR) is 83.8 cm³/mol. The van der Waals surface area contributed by atoms with E-state index < -0.39 is 5.91 Å². The lowest BCUT2D eigenvalue weighted by molar-refractivity contribution is -0.120. The highest BCUT2D eigenvalue weighted by atomic mass is 35.5. The maximum absolute atomic E-state index is 11.8. The van der Waals surface area contributed by atoms with Crippen molar-refractivity contribution in [1.29, 1.82) is 0 Å². The van der Waals surface area contributed by atoms with E-state index in [9.17, 15) is 9.59 Å². The summed E-state index contributed by atoms with van der Waals surface area (Å²) in [6.45, 7) is -0.150. The van der Waals surface area contributed by atoms with Crippen LogP contribution in [0.3, 0.4) is 0 Å². The summed E-state index contributed by atoms with van der Waals surface area (Å²) in [4.78, 5) is 24.2. The average Bonchev–Trinajstić information content (AvgIpc) is 2.99. The summed E-state index contributed by atoms with van der Waals surface area (Å²) in [6, 6.07) is 10.2. The predicted octanol–water partition coefficient (Wildman–Crippen LogP) is 2.28. The summed E-state index contributed by atoms with van der Waals surface area (Å²) in [7, 11) is 0. The zero-order chi connectivity index (χ0) is 15.1. The Hall–Kier alpha value is -2.18. The minimum atomic E-state index is -0.398. The third-order valence-electron chi connectivity index (χ3n) is 2.44. The molecule has 1 aromatic heterocycles. The normalized spacial score (nSPS) is 10.5. The first-order chi connectivity index (χ1) is 10.1. The van der Waals surface area contributed by atoms with E-state index in [-0.39, 0.29) is 12.5 Å². The van der Waals surface area contributed by atoms with Gasteiger partial charge < -0.3 is 5.32 Å². The number of carbonyl (C=O) groups is 2. The maximum Gasteiger partial charge on any atom is 0.259 e. The van der Waals surface area contributed by atoms with E-state index >= 15 is 0 Å². The molecule has 0 bridgehead atoms. The molecule has 0 spiro atoms. The number of thiophene rings is 1. The zero-order valence-corrected chi connectivity index (χ0v) is 12.4. The lowest BCUT2D eigenvalue weighted by atomic mass is 10.2. The molecule has 0 atom stereocenters. The lowest BCUT2D eigenvalue weighted by Crippen LogP contribution is -2.34. The van der Waals surface area contributed by atoms with E-state index in [1.807, 2.05) is 17.5 Å². The van der Waals surface area contributed by atoms with E-state index in [1.54, 1.807) is 30.5 Å². The fourth-order valence-electron chi connectivity index (χ4n) is 1.44. The van der Waals surface area contributed by atoms with E-state index in [4.69, 9.17) is 11.6 Å². The molecule has 5 nitrogen and oxygen atoms in total. The minimum Gasteiger partial charge on any atom is -0.343 e. The molecule has 0 fully saturated rings. The van der Waals surface area contributed by atoms with Gasteiger partial charge in [-0.05, 0) is 35.7 Å². The molecule has 0 aliphatic carbocycles. The molecule has 2 amide bonds. The Morgan fingerprint density at radius 2 is 2.00 bits per heavy atom. The molecule has 1 heterocycles. The van der Waals surface area contributed by atoms with Crippen LogP contribution in [0.2, 0.25) is 5.02 Å². The molecule has 0 aliphatic rings. The summed E-state index contributed by atoms with van der Waals surface area (Å²) in [5.41, 5.74) is 2.78. The first-order valence-corrected chi connectivity index (χ1v) is 7.30. The molecule has 1 aromatic carbocycles. The van der Waals surface area contributed by atoms with Crippen molar-refractivity contribution in [2.24, 2.45) is 5.10 Å². The van der Waals surface area contributed by atoms with Crippen LogP contribution in [0.25, 0.3) is 0 Å². The number of hydrogen-bond donors (Lipinski definition) is 2. The summed E-state index contributed by atoms with van der Waals surface area (Å²) in [5.74, 6) is -0.742. The molecular weight excluding hydrogens is 310 g/mol. The molecule has 0 unspecified atom stereocenters. The van der Waals surface area contributed by atoms with Gasteiger partial charge in [0.2, 0.25) is 0 Å². The monoisotopic (exact) mass is 321 g/mol. The number of amides is 2. The second-order valence-corrected chi connectivity index (χ2v) is 5.41. The number of halogens is 1. The van der Waals surface area contributed by atoms with Crippen LogP contribution in [0, 0.1) is 0 Å². The molecule has 0 saturated carbocycles. The average molecular weight is 322 g/mol. The Morgan fingerprint density at radius 3 is 2.67 bits per heavy atom. The Labute approximate surface area is 130 Å². The molecule has 0 radical (unpaired) electrons. The van der Waals surface area contributed by atoms with Gasteiger partial charge in [-0.1, -0.05) is 17.7 Å². The van der Waals surface area contributed by atoms with E-state index in [1.165, 1.54) is 11.3 Å². The first kappa shape index (κ1) is 15.2. The van der Waals surface area contributed by atoms with E-state index in [0.717, 1.165) is 4.88 Å². The minimum absolute atomic E-state index is 0.150. The van der Waals surface area contributed by atoms with Crippen molar-refractivity contribution in [3.8, 4) is 0 Å². The van der Waals surface area contributed by atoms with Crippen molar-refractivity contribution in [3.63, 3.8) is 0 Å². The molecule has 0 saturated heterocycles. The van der Waals surface area contributed by atoms with Crippen LogP contribution >= 0.6 is 22.9 Å². The van der Waals surface area contributed by atoms with Crippen LogP contribution in [0.5, 0.6) is 0 Å². The molecular formula is C14H12ClN3O2S. The standard InChI is InChI=1S/C14H12ClN3O2S/c15-11-5-3-10(4-6-11)14(20)16-9-13(19)18-17-8-12-2-1-7-21-12/h1-8H,9H2,(H,16,20)(H,18,19)/b17-8-. The zero-order valence-electron chi connectivity index (χ0n) is 10.9. The summed E-state index contributed by atoms with van der Waals surface area (Å²) >= 11 is 7.24. The number of carbonyl (C=O) groups excluding carboxylic acids is 2. The topological polar surface area (TPSA) is 70.6 Å². The number of nitrogens with zero attached hydrogens (tertiary/aromatic N) is 1. The van der Waals surface area contributed by atoms with Crippen LogP contribution in [-0.4, -0.2) is 24.6 Å². The molecule has 21 heavy (non-hydrogen) atoms. The smallest absolute Gasteiger partial charge is 0.259 e. The SMILES string of the molecule is O=C(CNC(=O)c1ccc(Cl)cc1)N/N=C\c1cccs1. The van der Waals surface area contributed by atoms with Gasteiger partial charge in [0, 0.05) is 15.5 Å². The molecule has 2 rings (SSSR count). The lowest BCUT2D eigenvalue weighted by Gasteiger charge is -2.04. The van der Waals surface area contributed by atoms with Crippen molar-refractivity contribution in [2.75, 3.05) is 6.54 Å². The third kappa shape index (κ3) is 5.02. The van der Waals surface area contributed by atoms with E-state index in [2.05, 4.69) is 15.8 Å². The number of hydrazone groups is 1. The second-order valence-electron chi connectivity index (χ2n) is 4.00. The van der Waals surface area contributed by atoms with Crippen LogP contribution in [0.1, 0.15) is 15.2 Å². The van der Waals surface area contributed by atoms with Crippen molar-refractivity contribution in [3.05, 3.63) is 57.2 Å². The van der Waals surface area contributed by atoms with Gasteiger partial charge in [-0.2, -0.15) is 5.10 Å². The van der Waals surface area contributed by atoms with Gasteiger partial charge in [0.15, 0.2) is 0 Å². The summed E-state index contributed by atoms with van der Waals surface area (Å²) in [5, 5.41) is 8.75. The fraction of sp³-hybridized carbons (Fsp3) is 0.0714. The number of rotatable bonds is 5. The number of hydrogen-bond acceptors (Lipinski definition) is 4. The number of benzene rings is 1. The van der Waals surface area contributed by atoms with Crippen molar-refractivity contribution >= 4 is 41.0 Å². The Balaban J connectivity index is 1.76. The van der Waals surface area contributed by atoms with Gasteiger partial charge in [-0.25, -0.2) is 5.43 Å². The van der Waals surface area contributed by atoms with Gasteiger partial charge in [-0.15, -0.1) is 11.3 Å². The highest BCUT2D eigenvalue weighted by molar-refractivity contribution is 7.11. The van der Waals surface area contributed by atoms with Crippen molar-refractivity contribution in [2.45, 2.75) is 0 Å². The number of nitrogens with one attached hydrogen (secondary N) is 2. The second kappa shape index (κ2) is 7.56. The van der Waals surface area contributed by atoms with Gasteiger partial charge in [0.05, 0.1) is 12.8 Å². The van der Waals surface area contributed by atoms with Crippen LogP contribution in [0.4, 0.5) is 0 Å². The Kier molecular flexibility index (Phi) is 5.48. The highest BCUT2D eigenvalue weighted by Gasteiger charge is 2.07. The van der Waals surface area contributed by atoms with Crippen molar-refractivity contribution in [1.82, 2.24) is 10.7 Å².